The number of urea groups is 1. The lowest BCUT2D eigenvalue weighted by Crippen LogP contribution is -2.34. The van der Waals surface area contributed by atoms with E-state index in [9.17, 15) is 9.18 Å². The number of anilines is 1. The molecule has 1 aliphatic rings. The molecule has 2 amide bonds. The molecular weight excluding hydrogens is 311 g/mol. The molecule has 1 fully saturated rings. The van der Waals surface area contributed by atoms with Crippen LogP contribution in [0.15, 0.2) is 42.5 Å². The van der Waals surface area contributed by atoms with Crippen LogP contribution in [0.4, 0.5) is 14.9 Å². The van der Waals surface area contributed by atoms with Crippen LogP contribution in [0.25, 0.3) is 0 Å². The number of amides is 2. The van der Waals surface area contributed by atoms with Crippen molar-refractivity contribution in [1.82, 2.24) is 4.90 Å². The number of thioether (sulfide) groups is 1. The third-order valence-electron chi connectivity index (χ3n) is 3.91. The maximum absolute atomic E-state index is 13.5. The molecule has 1 aliphatic heterocycles. The molecule has 1 saturated heterocycles. The molecule has 5 heteroatoms. The Morgan fingerprint density at radius 3 is 2.83 bits per heavy atom. The second kappa shape index (κ2) is 6.62. The minimum Gasteiger partial charge on any atom is -0.308 e. The summed E-state index contributed by atoms with van der Waals surface area (Å²) < 4.78 is 13.5. The summed E-state index contributed by atoms with van der Waals surface area (Å²) >= 11 is 1.66. The van der Waals surface area contributed by atoms with E-state index in [1.807, 2.05) is 38.1 Å². The van der Waals surface area contributed by atoms with E-state index in [1.165, 1.54) is 12.1 Å². The lowest BCUT2D eigenvalue weighted by atomic mass is 10.1. The van der Waals surface area contributed by atoms with Gasteiger partial charge >= 0.3 is 6.03 Å². The fourth-order valence-corrected chi connectivity index (χ4v) is 4.00. The minimum atomic E-state index is -0.273. The van der Waals surface area contributed by atoms with E-state index in [1.54, 1.807) is 22.7 Å². The van der Waals surface area contributed by atoms with E-state index in [-0.39, 0.29) is 17.2 Å². The van der Waals surface area contributed by atoms with Crippen molar-refractivity contribution in [3.63, 3.8) is 0 Å². The van der Waals surface area contributed by atoms with Crippen molar-refractivity contribution < 1.29 is 9.18 Å². The average Bonchev–Trinajstić information content (AvgIpc) is 2.99. The molecule has 0 spiro atoms. The van der Waals surface area contributed by atoms with Crippen LogP contribution in [0, 0.1) is 19.7 Å². The first-order valence-corrected chi connectivity index (χ1v) is 8.61. The summed E-state index contributed by atoms with van der Waals surface area (Å²) in [6, 6.07) is 12.3. The van der Waals surface area contributed by atoms with Gasteiger partial charge in [-0.3, -0.25) is 0 Å². The summed E-state index contributed by atoms with van der Waals surface area (Å²) in [6.07, 6.45) is 0. The van der Waals surface area contributed by atoms with Crippen molar-refractivity contribution in [2.45, 2.75) is 19.2 Å². The zero-order valence-electron chi connectivity index (χ0n) is 13.2. The number of nitrogens with zero attached hydrogens (tertiary/aromatic N) is 1. The van der Waals surface area contributed by atoms with Crippen molar-refractivity contribution in [2.75, 3.05) is 17.6 Å². The van der Waals surface area contributed by atoms with Gasteiger partial charge in [-0.15, -0.1) is 11.8 Å². The number of rotatable bonds is 2. The van der Waals surface area contributed by atoms with Crippen LogP contribution in [-0.4, -0.2) is 23.2 Å². The van der Waals surface area contributed by atoms with Gasteiger partial charge in [0.1, 0.15) is 11.2 Å². The first kappa shape index (κ1) is 15.9. The molecule has 1 heterocycles. The predicted octanol–water partition coefficient (Wildman–Crippen LogP) is 4.72. The first-order chi connectivity index (χ1) is 11.0. The van der Waals surface area contributed by atoms with Crippen molar-refractivity contribution in [3.05, 3.63) is 65.0 Å². The van der Waals surface area contributed by atoms with Gasteiger partial charge < -0.3 is 10.2 Å². The molecule has 1 atom stereocenters. The number of carbonyl (C=O) groups is 1. The Hall–Kier alpha value is -2.01. The van der Waals surface area contributed by atoms with E-state index >= 15 is 0 Å². The van der Waals surface area contributed by atoms with Gasteiger partial charge in [0.05, 0.1) is 0 Å². The average molecular weight is 330 g/mol. The van der Waals surface area contributed by atoms with Crippen LogP contribution >= 0.6 is 11.8 Å². The predicted molar refractivity (Wildman–Crippen MR) is 93.2 cm³/mol. The third-order valence-corrected chi connectivity index (χ3v) is 5.17. The molecule has 0 unspecified atom stereocenters. The van der Waals surface area contributed by atoms with Gasteiger partial charge in [0.2, 0.25) is 0 Å². The van der Waals surface area contributed by atoms with E-state index < -0.39 is 0 Å². The fourth-order valence-electron chi connectivity index (χ4n) is 2.76. The van der Waals surface area contributed by atoms with Gasteiger partial charge in [-0.1, -0.05) is 29.8 Å². The quantitative estimate of drug-likeness (QED) is 0.864. The van der Waals surface area contributed by atoms with Crippen molar-refractivity contribution in [1.29, 1.82) is 0 Å². The summed E-state index contributed by atoms with van der Waals surface area (Å²) in [4.78, 5) is 14.4. The highest BCUT2D eigenvalue weighted by Crippen LogP contribution is 2.38. The number of carbonyl (C=O) groups excluding carboxylic acids is 1. The van der Waals surface area contributed by atoms with E-state index in [0.717, 1.165) is 28.1 Å². The molecule has 2 aromatic rings. The zero-order valence-corrected chi connectivity index (χ0v) is 14.0. The van der Waals surface area contributed by atoms with Crippen LogP contribution in [-0.2, 0) is 0 Å². The molecule has 0 aromatic heterocycles. The SMILES string of the molecule is Cc1ccc(NC(=O)N2CCS[C@@H]2c2cccc(F)c2)c(C)c1. The summed E-state index contributed by atoms with van der Waals surface area (Å²) in [5, 5.41) is 2.83. The number of benzene rings is 2. The minimum absolute atomic E-state index is 0.142. The monoisotopic (exact) mass is 330 g/mol. The Kier molecular flexibility index (Phi) is 4.57. The van der Waals surface area contributed by atoms with Crippen LogP contribution in [0.2, 0.25) is 0 Å². The number of hydrogen-bond acceptors (Lipinski definition) is 2. The van der Waals surface area contributed by atoms with E-state index in [0.29, 0.717) is 6.54 Å². The van der Waals surface area contributed by atoms with Gasteiger partial charge in [-0.05, 0) is 43.2 Å². The summed E-state index contributed by atoms with van der Waals surface area (Å²) in [7, 11) is 0. The molecule has 120 valence electrons. The first-order valence-electron chi connectivity index (χ1n) is 7.56. The molecule has 1 N–H and O–H groups in total. The van der Waals surface area contributed by atoms with Crippen molar-refractivity contribution in [2.24, 2.45) is 0 Å². The Morgan fingerprint density at radius 2 is 2.09 bits per heavy atom. The van der Waals surface area contributed by atoms with Gasteiger partial charge in [0, 0.05) is 18.0 Å². The lowest BCUT2D eigenvalue weighted by Gasteiger charge is -2.25. The highest BCUT2D eigenvalue weighted by Gasteiger charge is 2.31. The van der Waals surface area contributed by atoms with E-state index in [4.69, 9.17) is 0 Å². The topological polar surface area (TPSA) is 32.3 Å². The Labute approximate surface area is 139 Å². The zero-order chi connectivity index (χ0) is 16.4. The summed E-state index contributed by atoms with van der Waals surface area (Å²) in [5.74, 6) is 0.575. The molecule has 0 saturated carbocycles. The maximum Gasteiger partial charge on any atom is 0.323 e. The highest BCUT2D eigenvalue weighted by atomic mass is 32.2. The molecular formula is C18H19FN2OS. The van der Waals surface area contributed by atoms with Gasteiger partial charge in [-0.25, -0.2) is 9.18 Å². The maximum atomic E-state index is 13.5. The van der Waals surface area contributed by atoms with Crippen LogP contribution in [0.3, 0.4) is 0 Å². The number of halogens is 1. The van der Waals surface area contributed by atoms with Crippen molar-refractivity contribution in [3.8, 4) is 0 Å². The molecule has 0 radical (unpaired) electrons. The summed E-state index contributed by atoms with van der Waals surface area (Å²) in [6.45, 7) is 4.66. The largest absolute Gasteiger partial charge is 0.323 e. The van der Waals surface area contributed by atoms with E-state index in [2.05, 4.69) is 5.32 Å². The molecule has 2 aromatic carbocycles. The van der Waals surface area contributed by atoms with Gasteiger partial charge in [0.25, 0.3) is 0 Å². The number of aryl methyl sites for hydroxylation is 2. The Morgan fingerprint density at radius 1 is 1.26 bits per heavy atom. The number of hydrogen-bond donors (Lipinski definition) is 1. The summed E-state index contributed by atoms with van der Waals surface area (Å²) in [5.41, 5.74) is 3.83. The Bertz CT molecular complexity index is 735. The lowest BCUT2D eigenvalue weighted by molar-refractivity contribution is 0.214. The molecule has 0 bridgehead atoms. The Balaban J connectivity index is 1.78. The second-order valence-corrected chi connectivity index (χ2v) is 6.91. The van der Waals surface area contributed by atoms with Gasteiger partial charge in [0.15, 0.2) is 0 Å². The van der Waals surface area contributed by atoms with Gasteiger partial charge in [-0.2, -0.15) is 0 Å². The van der Waals surface area contributed by atoms with Crippen LogP contribution in [0.1, 0.15) is 22.1 Å². The molecule has 23 heavy (non-hydrogen) atoms. The standard InChI is InChI=1S/C18H19FN2OS/c1-12-6-7-16(13(2)10-12)20-18(22)21-8-9-23-17(21)14-4-3-5-15(19)11-14/h3-7,10-11,17H,8-9H2,1-2H3,(H,20,22)/t17-/m1/s1. The molecule has 0 aliphatic carbocycles. The second-order valence-electron chi connectivity index (χ2n) is 5.72. The van der Waals surface area contributed by atoms with Crippen molar-refractivity contribution >= 4 is 23.5 Å². The van der Waals surface area contributed by atoms with Crippen LogP contribution in [0.5, 0.6) is 0 Å². The normalized spacial score (nSPS) is 17.3. The third kappa shape index (κ3) is 3.50. The molecule has 3 rings (SSSR count). The fraction of sp³-hybridized carbons (Fsp3) is 0.278. The van der Waals surface area contributed by atoms with Crippen LogP contribution < -0.4 is 5.32 Å². The number of nitrogens with one attached hydrogen (secondary N) is 1. The highest BCUT2D eigenvalue weighted by molar-refractivity contribution is 7.99. The smallest absolute Gasteiger partial charge is 0.308 e. The molecule has 3 nitrogen and oxygen atoms in total.